The molecule has 0 spiro atoms. The average Bonchev–Trinajstić information content (AvgIpc) is 2.69. The molecule has 6 nitrogen and oxygen atoms in total. The van der Waals surface area contributed by atoms with Gasteiger partial charge in [-0.3, -0.25) is 14.4 Å². The van der Waals surface area contributed by atoms with Crippen LogP contribution in [0.25, 0.3) is 0 Å². The molecule has 0 radical (unpaired) electrons. The van der Waals surface area contributed by atoms with E-state index in [1.165, 1.54) is 0 Å². The Hall–Kier alpha value is -3.15. The molecule has 0 aliphatic carbocycles. The highest BCUT2D eigenvalue weighted by Gasteiger charge is 2.15. The molecule has 0 heterocycles. The van der Waals surface area contributed by atoms with E-state index in [1.807, 2.05) is 19.9 Å². The summed E-state index contributed by atoms with van der Waals surface area (Å²) in [5.41, 5.74) is 1.65. The third-order valence-corrected chi connectivity index (χ3v) is 4.35. The number of nitrogens with zero attached hydrogens (tertiary/aromatic N) is 1. The standard InChI is InChI=1S/C22H27N3O3/c1-4-25(5-2)22(28)18-12-9-13-19(15-18)24-20(26)14-16(3)23-21(27)17-10-7-6-8-11-17/h6-13,15-16H,4-5,14H2,1-3H3,(H,23,27)(H,24,26). The quantitative estimate of drug-likeness (QED) is 0.736. The summed E-state index contributed by atoms with van der Waals surface area (Å²) in [7, 11) is 0. The van der Waals surface area contributed by atoms with Crippen molar-refractivity contribution in [3.8, 4) is 0 Å². The van der Waals surface area contributed by atoms with Crippen molar-refractivity contribution in [3.63, 3.8) is 0 Å². The number of benzene rings is 2. The van der Waals surface area contributed by atoms with Gasteiger partial charge in [0.1, 0.15) is 0 Å². The Bertz CT molecular complexity index is 817. The summed E-state index contributed by atoms with van der Waals surface area (Å²) in [5.74, 6) is -0.509. The fourth-order valence-corrected chi connectivity index (χ4v) is 2.86. The van der Waals surface area contributed by atoms with E-state index in [-0.39, 0.29) is 30.2 Å². The molecule has 0 aliphatic rings. The number of rotatable bonds is 8. The number of carbonyl (C=O) groups is 3. The molecule has 3 amide bonds. The van der Waals surface area contributed by atoms with Gasteiger partial charge >= 0.3 is 0 Å². The van der Waals surface area contributed by atoms with Crippen LogP contribution in [-0.4, -0.2) is 41.8 Å². The minimum atomic E-state index is -0.326. The van der Waals surface area contributed by atoms with Crippen LogP contribution < -0.4 is 10.6 Å². The van der Waals surface area contributed by atoms with Crippen LogP contribution in [0.4, 0.5) is 5.69 Å². The van der Waals surface area contributed by atoms with E-state index >= 15 is 0 Å². The summed E-state index contributed by atoms with van der Waals surface area (Å²) >= 11 is 0. The molecule has 148 valence electrons. The molecule has 2 aromatic rings. The number of amides is 3. The van der Waals surface area contributed by atoms with Crippen molar-refractivity contribution in [2.75, 3.05) is 18.4 Å². The van der Waals surface area contributed by atoms with Crippen molar-refractivity contribution in [3.05, 3.63) is 65.7 Å². The normalized spacial score (nSPS) is 11.4. The van der Waals surface area contributed by atoms with Gasteiger partial charge in [-0.2, -0.15) is 0 Å². The molecule has 0 fully saturated rings. The second-order valence-corrected chi connectivity index (χ2v) is 6.55. The summed E-state index contributed by atoms with van der Waals surface area (Å²) in [6.45, 7) is 6.89. The van der Waals surface area contributed by atoms with Crippen LogP contribution in [-0.2, 0) is 4.79 Å². The van der Waals surface area contributed by atoms with Crippen molar-refractivity contribution in [2.24, 2.45) is 0 Å². The maximum absolute atomic E-state index is 12.4. The van der Waals surface area contributed by atoms with Crippen molar-refractivity contribution in [1.82, 2.24) is 10.2 Å². The van der Waals surface area contributed by atoms with Crippen LogP contribution in [0.3, 0.4) is 0 Å². The fraction of sp³-hybridized carbons (Fsp3) is 0.318. The Kier molecular flexibility index (Phi) is 7.75. The first-order valence-corrected chi connectivity index (χ1v) is 9.49. The summed E-state index contributed by atoms with van der Waals surface area (Å²) in [5, 5.41) is 5.61. The van der Waals surface area contributed by atoms with Crippen LogP contribution in [0, 0.1) is 0 Å². The molecule has 0 saturated heterocycles. The molecule has 0 aliphatic heterocycles. The van der Waals surface area contributed by atoms with E-state index in [9.17, 15) is 14.4 Å². The highest BCUT2D eigenvalue weighted by molar-refractivity contribution is 5.98. The van der Waals surface area contributed by atoms with Crippen molar-refractivity contribution in [2.45, 2.75) is 33.2 Å². The second-order valence-electron chi connectivity index (χ2n) is 6.55. The number of anilines is 1. The van der Waals surface area contributed by atoms with E-state index in [0.29, 0.717) is 29.9 Å². The first-order chi connectivity index (χ1) is 13.4. The molecule has 2 rings (SSSR count). The molecule has 0 bridgehead atoms. The SMILES string of the molecule is CCN(CC)C(=O)c1cccc(NC(=O)CC(C)NC(=O)c2ccccc2)c1. The largest absolute Gasteiger partial charge is 0.349 e. The zero-order valence-electron chi connectivity index (χ0n) is 16.6. The summed E-state index contributed by atoms with van der Waals surface area (Å²) in [6.07, 6.45) is 0.132. The maximum Gasteiger partial charge on any atom is 0.253 e. The lowest BCUT2D eigenvalue weighted by molar-refractivity contribution is -0.116. The average molecular weight is 381 g/mol. The first-order valence-electron chi connectivity index (χ1n) is 9.49. The molecule has 28 heavy (non-hydrogen) atoms. The Labute approximate surface area is 165 Å². The first kappa shape index (κ1) is 21.2. The summed E-state index contributed by atoms with van der Waals surface area (Å²) in [6, 6.07) is 15.4. The van der Waals surface area contributed by atoms with Gasteiger partial charge in [0.25, 0.3) is 11.8 Å². The van der Waals surface area contributed by atoms with Gasteiger partial charge in [0.2, 0.25) is 5.91 Å². The molecule has 0 saturated carbocycles. The highest BCUT2D eigenvalue weighted by atomic mass is 16.2. The summed E-state index contributed by atoms with van der Waals surface area (Å²) < 4.78 is 0. The van der Waals surface area contributed by atoms with Crippen LogP contribution in [0.1, 0.15) is 47.9 Å². The topological polar surface area (TPSA) is 78.5 Å². The van der Waals surface area contributed by atoms with Crippen LogP contribution in [0.5, 0.6) is 0 Å². The van der Waals surface area contributed by atoms with Crippen LogP contribution in [0.2, 0.25) is 0 Å². The third kappa shape index (κ3) is 5.94. The van der Waals surface area contributed by atoms with Crippen LogP contribution >= 0.6 is 0 Å². The monoisotopic (exact) mass is 381 g/mol. The Balaban J connectivity index is 1.93. The van der Waals surface area contributed by atoms with Gasteiger partial charge in [0, 0.05) is 42.4 Å². The molecule has 0 aromatic heterocycles. The fourth-order valence-electron chi connectivity index (χ4n) is 2.86. The third-order valence-electron chi connectivity index (χ3n) is 4.35. The minimum absolute atomic E-state index is 0.0652. The molecular formula is C22H27N3O3. The second kappa shape index (κ2) is 10.3. The molecule has 6 heteroatoms. The van der Waals surface area contributed by atoms with E-state index in [1.54, 1.807) is 60.4 Å². The minimum Gasteiger partial charge on any atom is -0.349 e. The van der Waals surface area contributed by atoms with Gasteiger partial charge in [0.05, 0.1) is 0 Å². The van der Waals surface area contributed by atoms with E-state index in [4.69, 9.17) is 0 Å². The van der Waals surface area contributed by atoms with Gasteiger partial charge in [-0.25, -0.2) is 0 Å². The number of nitrogens with one attached hydrogen (secondary N) is 2. The Morgan fingerprint density at radius 3 is 2.21 bits per heavy atom. The molecule has 1 unspecified atom stereocenters. The van der Waals surface area contributed by atoms with Crippen molar-refractivity contribution in [1.29, 1.82) is 0 Å². The molecular weight excluding hydrogens is 354 g/mol. The zero-order chi connectivity index (χ0) is 20.5. The van der Waals surface area contributed by atoms with Gasteiger partial charge < -0.3 is 15.5 Å². The number of hydrogen-bond donors (Lipinski definition) is 2. The van der Waals surface area contributed by atoms with Crippen molar-refractivity contribution < 1.29 is 14.4 Å². The van der Waals surface area contributed by atoms with Crippen LogP contribution in [0.15, 0.2) is 54.6 Å². The van der Waals surface area contributed by atoms with Gasteiger partial charge in [0.15, 0.2) is 0 Å². The van der Waals surface area contributed by atoms with Gasteiger partial charge in [-0.15, -0.1) is 0 Å². The predicted molar refractivity (Wildman–Crippen MR) is 110 cm³/mol. The zero-order valence-corrected chi connectivity index (χ0v) is 16.6. The lowest BCUT2D eigenvalue weighted by Gasteiger charge is -2.19. The highest BCUT2D eigenvalue weighted by Crippen LogP contribution is 2.13. The maximum atomic E-state index is 12.4. The molecule has 2 aromatic carbocycles. The number of hydrogen-bond acceptors (Lipinski definition) is 3. The molecule has 1 atom stereocenters. The van der Waals surface area contributed by atoms with Crippen molar-refractivity contribution >= 4 is 23.4 Å². The van der Waals surface area contributed by atoms with E-state index in [2.05, 4.69) is 10.6 Å². The van der Waals surface area contributed by atoms with E-state index < -0.39 is 0 Å². The Morgan fingerprint density at radius 2 is 1.57 bits per heavy atom. The van der Waals surface area contributed by atoms with Gasteiger partial charge in [-0.1, -0.05) is 24.3 Å². The predicted octanol–water partition coefficient (Wildman–Crippen LogP) is 3.32. The summed E-state index contributed by atoms with van der Waals surface area (Å²) in [4.78, 5) is 38.6. The van der Waals surface area contributed by atoms with E-state index in [0.717, 1.165) is 0 Å². The lowest BCUT2D eigenvalue weighted by Crippen LogP contribution is -2.35. The lowest BCUT2D eigenvalue weighted by atomic mass is 10.1. The number of carbonyl (C=O) groups excluding carboxylic acids is 3. The molecule has 2 N–H and O–H groups in total. The Morgan fingerprint density at radius 1 is 0.929 bits per heavy atom. The van der Waals surface area contributed by atoms with Gasteiger partial charge in [-0.05, 0) is 51.1 Å². The smallest absolute Gasteiger partial charge is 0.253 e.